The predicted octanol–water partition coefficient (Wildman–Crippen LogP) is 1.92. The monoisotopic (exact) mass is 270 g/mol. The summed E-state index contributed by atoms with van der Waals surface area (Å²) in [4.78, 5) is 11.9. The molecule has 104 valence electrons. The molecule has 0 aliphatic carbocycles. The highest BCUT2D eigenvalue weighted by molar-refractivity contribution is 5.75. The Bertz CT molecular complexity index is 578. The fraction of sp³-hybridized carbons (Fsp3) is 0.312. The zero-order valence-corrected chi connectivity index (χ0v) is 11.3. The van der Waals surface area contributed by atoms with Gasteiger partial charge in [0.15, 0.2) is 0 Å². The Morgan fingerprint density at radius 3 is 2.90 bits per heavy atom. The van der Waals surface area contributed by atoms with E-state index in [9.17, 15) is 4.79 Å². The van der Waals surface area contributed by atoms with Crippen LogP contribution in [-0.2, 0) is 22.5 Å². The molecule has 3 rings (SSSR count). The Kier molecular flexibility index (Phi) is 3.83. The van der Waals surface area contributed by atoms with E-state index in [0.29, 0.717) is 13.1 Å². The van der Waals surface area contributed by atoms with Crippen LogP contribution in [0.3, 0.4) is 0 Å². The molecule has 0 spiro atoms. The molecule has 4 heteroatoms. The van der Waals surface area contributed by atoms with Crippen molar-refractivity contribution >= 4 is 5.91 Å². The van der Waals surface area contributed by atoms with Gasteiger partial charge in [0.2, 0.25) is 5.91 Å². The van der Waals surface area contributed by atoms with Crippen LogP contribution in [0.1, 0.15) is 17.2 Å². The molecule has 1 amide bonds. The Hall–Kier alpha value is -2.07. The molecule has 1 aliphatic heterocycles. The molecule has 20 heavy (non-hydrogen) atoms. The zero-order chi connectivity index (χ0) is 13.8. The molecule has 1 atom stereocenters. The minimum absolute atomic E-state index is 0.00727. The van der Waals surface area contributed by atoms with E-state index < -0.39 is 0 Å². The summed E-state index contributed by atoms with van der Waals surface area (Å²) >= 11 is 0. The molecule has 0 radical (unpaired) electrons. The van der Waals surface area contributed by atoms with Crippen LogP contribution in [-0.4, -0.2) is 23.6 Å². The van der Waals surface area contributed by atoms with Gasteiger partial charge in [-0.15, -0.1) is 0 Å². The maximum atomic E-state index is 11.9. The molecule has 4 nitrogen and oxygen atoms in total. The maximum Gasteiger partial charge on any atom is 0.240 e. The predicted molar refractivity (Wildman–Crippen MR) is 76.3 cm³/mol. The van der Waals surface area contributed by atoms with Crippen LogP contribution in [0.2, 0.25) is 0 Å². The van der Waals surface area contributed by atoms with Gasteiger partial charge in [-0.1, -0.05) is 24.3 Å². The van der Waals surface area contributed by atoms with E-state index in [4.69, 9.17) is 4.74 Å². The lowest BCUT2D eigenvalue weighted by Gasteiger charge is -2.26. The summed E-state index contributed by atoms with van der Waals surface area (Å²) in [6, 6.07) is 12.1. The van der Waals surface area contributed by atoms with Crippen LogP contribution in [0, 0.1) is 0 Å². The molecule has 0 saturated carbocycles. The van der Waals surface area contributed by atoms with Gasteiger partial charge < -0.3 is 14.6 Å². The third-order valence-corrected chi connectivity index (χ3v) is 3.57. The van der Waals surface area contributed by atoms with Crippen molar-refractivity contribution in [3.8, 4) is 0 Å². The first-order chi connectivity index (χ1) is 9.83. The fourth-order valence-electron chi connectivity index (χ4n) is 2.55. The average molecular weight is 270 g/mol. The summed E-state index contributed by atoms with van der Waals surface area (Å²) in [5.41, 5.74) is 2.52. The van der Waals surface area contributed by atoms with Gasteiger partial charge >= 0.3 is 0 Å². The second-order valence-corrected chi connectivity index (χ2v) is 4.97. The van der Waals surface area contributed by atoms with Crippen molar-refractivity contribution in [2.45, 2.75) is 19.1 Å². The summed E-state index contributed by atoms with van der Waals surface area (Å²) in [5, 5.41) is 2.95. The number of benzene rings is 1. The molecule has 2 aromatic rings. The maximum absolute atomic E-state index is 11.9. The van der Waals surface area contributed by atoms with E-state index in [-0.39, 0.29) is 12.0 Å². The quantitative estimate of drug-likeness (QED) is 0.922. The summed E-state index contributed by atoms with van der Waals surface area (Å²) in [6.07, 6.45) is 4.68. The van der Waals surface area contributed by atoms with Crippen molar-refractivity contribution in [3.63, 3.8) is 0 Å². The minimum atomic E-state index is -0.0337. The lowest BCUT2D eigenvalue weighted by Crippen LogP contribution is -2.33. The first kappa shape index (κ1) is 12.9. The molecule has 1 aromatic carbocycles. The summed E-state index contributed by atoms with van der Waals surface area (Å²) in [5.74, 6) is 0.00727. The van der Waals surface area contributed by atoms with Crippen molar-refractivity contribution in [1.29, 1.82) is 0 Å². The molecule has 1 aliphatic rings. The van der Waals surface area contributed by atoms with Gasteiger partial charge in [-0.25, -0.2) is 0 Å². The number of ether oxygens (including phenoxy) is 1. The van der Waals surface area contributed by atoms with E-state index in [1.165, 1.54) is 11.1 Å². The zero-order valence-electron chi connectivity index (χ0n) is 11.3. The highest BCUT2D eigenvalue weighted by Crippen LogP contribution is 2.26. The molecule has 1 N–H and O–H groups in total. The number of nitrogens with zero attached hydrogens (tertiary/aromatic N) is 1. The van der Waals surface area contributed by atoms with Crippen molar-refractivity contribution in [2.75, 3.05) is 13.2 Å². The van der Waals surface area contributed by atoms with Crippen LogP contribution in [0.4, 0.5) is 0 Å². The smallest absolute Gasteiger partial charge is 0.240 e. The van der Waals surface area contributed by atoms with Crippen molar-refractivity contribution in [3.05, 3.63) is 59.9 Å². The topological polar surface area (TPSA) is 43.3 Å². The third-order valence-electron chi connectivity index (χ3n) is 3.57. The van der Waals surface area contributed by atoms with Crippen LogP contribution < -0.4 is 5.32 Å². The summed E-state index contributed by atoms with van der Waals surface area (Å²) < 4.78 is 7.62. The summed E-state index contributed by atoms with van der Waals surface area (Å²) in [6.45, 7) is 1.59. The van der Waals surface area contributed by atoms with E-state index in [0.717, 1.165) is 13.0 Å². The number of amides is 1. The van der Waals surface area contributed by atoms with Crippen molar-refractivity contribution in [2.24, 2.45) is 0 Å². The Labute approximate surface area is 118 Å². The van der Waals surface area contributed by atoms with Crippen LogP contribution >= 0.6 is 0 Å². The lowest BCUT2D eigenvalue weighted by molar-refractivity contribution is -0.122. The average Bonchev–Trinajstić information content (AvgIpc) is 2.98. The van der Waals surface area contributed by atoms with E-state index in [1.54, 1.807) is 0 Å². The number of carbonyl (C=O) groups is 1. The molecule has 0 fully saturated rings. The third kappa shape index (κ3) is 2.91. The summed E-state index contributed by atoms with van der Waals surface area (Å²) in [7, 11) is 0. The Morgan fingerprint density at radius 1 is 1.25 bits per heavy atom. The number of hydrogen-bond donors (Lipinski definition) is 1. The van der Waals surface area contributed by atoms with Crippen LogP contribution in [0.5, 0.6) is 0 Å². The lowest BCUT2D eigenvalue weighted by atomic mass is 9.97. The first-order valence-electron chi connectivity index (χ1n) is 6.90. The highest BCUT2D eigenvalue weighted by atomic mass is 16.5. The van der Waals surface area contributed by atoms with Gasteiger partial charge in [0.05, 0.1) is 6.61 Å². The fourth-order valence-corrected chi connectivity index (χ4v) is 2.55. The van der Waals surface area contributed by atoms with E-state index >= 15 is 0 Å². The van der Waals surface area contributed by atoms with E-state index in [2.05, 4.69) is 17.4 Å². The molecular weight excluding hydrogens is 252 g/mol. The number of nitrogens with one attached hydrogen (secondary N) is 1. The molecule has 1 aromatic heterocycles. The minimum Gasteiger partial charge on any atom is -0.371 e. The molecular formula is C16H18N2O2. The Morgan fingerprint density at radius 2 is 2.05 bits per heavy atom. The second-order valence-electron chi connectivity index (χ2n) is 4.97. The number of rotatable bonds is 4. The van der Waals surface area contributed by atoms with Gasteiger partial charge in [0.25, 0.3) is 0 Å². The standard InChI is InChI=1S/C16H18N2O2/c19-16(12-18-8-3-4-9-18)17-11-15-14-6-2-1-5-13(14)7-10-20-15/h1-6,8-9,15H,7,10-12H2,(H,17,19). The number of hydrogen-bond acceptors (Lipinski definition) is 2. The van der Waals surface area contributed by atoms with Crippen molar-refractivity contribution in [1.82, 2.24) is 9.88 Å². The number of aromatic nitrogens is 1. The number of fused-ring (bicyclic) bond motifs is 1. The molecule has 1 unspecified atom stereocenters. The van der Waals surface area contributed by atoms with Gasteiger partial charge in [-0.05, 0) is 29.7 Å². The van der Waals surface area contributed by atoms with Crippen molar-refractivity contribution < 1.29 is 9.53 Å². The first-order valence-corrected chi connectivity index (χ1v) is 6.90. The van der Waals surface area contributed by atoms with Gasteiger partial charge in [0, 0.05) is 18.9 Å². The van der Waals surface area contributed by atoms with Gasteiger partial charge in [-0.2, -0.15) is 0 Å². The second kappa shape index (κ2) is 5.92. The van der Waals surface area contributed by atoms with Crippen LogP contribution in [0.25, 0.3) is 0 Å². The van der Waals surface area contributed by atoms with Gasteiger partial charge in [0.1, 0.15) is 12.6 Å². The Balaban J connectivity index is 1.58. The molecule has 0 bridgehead atoms. The SMILES string of the molecule is O=C(Cn1cccc1)NCC1OCCc2ccccc21. The van der Waals surface area contributed by atoms with Crippen LogP contribution in [0.15, 0.2) is 48.8 Å². The molecule has 0 saturated heterocycles. The molecule has 2 heterocycles. The largest absolute Gasteiger partial charge is 0.371 e. The van der Waals surface area contributed by atoms with E-state index in [1.807, 2.05) is 41.2 Å². The highest BCUT2D eigenvalue weighted by Gasteiger charge is 2.20. The normalized spacial score (nSPS) is 17.5. The van der Waals surface area contributed by atoms with Gasteiger partial charge in [-0.3, -0.25) is 4.79 Å². The number of carbonyl (C=O) groups excluding carboxylic acids is 1.